The van der Waals surface area contributed by atoms with Gasteiger partial charge >= 0.3 is 0 Å². The van der Waals surface area contributed by atoms with Crippen LogP contribution in [0.2, 0.25) is 0 Å². The zero-order valence-electron chi connectivity index (χ0n) is 17.1. The first-order chi connectivity index (χ1) is 13.2. The summed E-state index contributed by atoms with van der Waals surface area (Å²) in [7, 11) is 1.67. The van der Waals surface area contributed by atoms with Crippen LogP contribution in [0, 0.1) is 5.41 Å². The van der Waals surface area contributed by atoms with Crippen LogP contribution >= 0.6 is 15.9 Å². The quantitative estimate of drug-likeness (QED) is 0.597. The summed E-state index contributed by atoms with van der Waals surface area (Å²) in [4.78, 5) is 13.6. The molecule has 2 aromatic carbocycles. The highest BCUT2D eigenvalue weighted by Gasteiger charge is 2.21. The van der Waals surface area contributed by atoms with Crippen molar-refractivity contribution in [2.45, 2.75) is 33.9 Å². The van der Waals surface area contributed by atoms with E-state index in [1.165, 1.54) is 18.1 Å². The molecule has 0 atom stereocenters. The second-order valence-electron chi connectivity index (χ2n) is 7.86. The highest BCUT2D eigenvalue weighted by Crippen LogP contribution is 2.27. The molecule has 2 rings (SSSR count). The molecular formula is C22H30BrN3O2. The minimum Gasteiger partial charge on any atom is -0.496 e. The average molecular weight is 448 g/mol. The Balaban J connectivity index is 2.17. The van der Waals surface area contributed by atoms with Gasteiger partial charge in [-0.1, -0.05) is 32.0 Å². The number of hydrogen-bond donors (Lipinski definition) is 2. The summed E-state index contributed by atoms with van der Waals surface area (Å²) in [5, 5.41) is 2.80. The van der Waals surface area contributed by atoms with Crippen molar-refractivity contribution in [2.75, 3.05) is 25.5 Å². The molecule has 3 N–H and O–H groups in total. The lowest BCUT2D eigenvalue weighted by atomic mass is 9.92. The number of carbonyl (C=O) groups is 1. The smallest absolute Gasteiger partial charge is 0.221 e. The maximum Gasteiger partial charge on any atom is 0.221 e. The number of carbonyl (C=O) groups excluding carboxylic acids is 1. The fourth-order valence-corrected chi connectivity index (χ4v) is 3.65. The first-order valence-electron chi connectivity index (χ1n) is 9.34. The lowest BCUT2D eigenvalue weighted by molar-refractivity contribution is -0.114. The summed E-state index contributed by atoms with van der Waals surface area (Å²) in [6.45, 7) is 8.98. The Morgan fingerprint density at radius 2 is 1.75 bits per heavy atom. The van der Waals surface area contributed by atoms with Crippen LogP contribution in [0.15, 0.2) is 46.9 Å². The first kappa shape index (κ1) is 22.4. The third kappa shape index (κ3) is 6.93. The molecule has 0 aliphatic rings. The van der Waals surface area contributed by atoms with Crippen LogP contribution in [0.5, 0.6) is 5.75 Å². The SMILES string of the molecule is COc1ccc(CN(Cc2ccc(NC(C)=O)cc2)CC(C)(C)CN)cc1Br. The molecule has 0 heterocycles. The second kappa shape index (κ2) is 10.0. The fourth-order valence-electron chi connectivity index (χ4n) is 3.06. The number of benzene rings is 2. The molecule has 0 aliphatic carbocycles. The fraction of sp³-hybridized carbons (Fsp3) is 0.409. The van der Waals surface area contributed by atoms with Crippen LogP contribution in [0.1, 0.15) is 31.9 Å². The Labute approximate surface area is 176 Å². The molecule has 152 valence electrons. The highest BCUT2D eigenvalue weighted by molar-refractivity contribution is 9.10. The Morgan fingerprint density at radius 1 is 1.14 bits per heavy atom. The summed E-state index contributed by atoms with van der Waals surface area (Å²) in [5.74, 6) is 0.760. The minimum absolute atomic E-state index is 0.0137. The first-order valence-corrected chi connectivity index (χ1v) is 10.1. The van der Waals surface area contributed by atoms with Gasteiger partial charge in [0, 0.05) is 32.2 Å². The van der Waals surface area contributed by atoms with Crippen molar-refractivity contribution >= 4 is 27.5 Å². The number of rotatable bonds is 9. The Morgan fingerprint density at radius 3 is 2.29 bits per heavy atom. The van der Waals surface area contributed by atoms with Gasteiger partial charge in [0.2, 0.25) is 5.91 Å². The molecule has 0 saturated heterocycles. The lowest BCUT2D eigenvalue weighted by Gasteiger charge is -2.32. The topological polar surface area (TPSA) is 67.6 Å². The Kier molecular flexibility index (Phi) is 8.04. The normalized spacial score (nSPS) is 11.5. The van der Waals surface area contributed by atoms with Crippen molar-refractivity contribution < 1.29 is 9.53 Å². The minimum atomic E-state index is -0.0656. The van der Waals surface area contributed by atoms with Gasteiger partial charge in [0.05, 0.1) is 11.6 Å². The predicted octanol–water partition coefficient (Wildman–Crippen LogP) is 4.40. The number of nitrogens with zero attached hydrogens (tertiary/aromatic N) is 1. The van der Waals surface area contributed by atoms with Gasteiger partial charge in [-0.15, -0.1) is 0 Å². The van der Waals surface area contributed by atoms with E-state index in [0.29, 0.717) is 6.54 Å². The van der Waals surface area contributed by atoms with Gasteiger partial charge in [-0.3, -0.25) is 9.69 Å². The number of nitrogens with two attached hydrogens (primary N) is 1. The van der Waals surface area contributed by atoms with Crippen molar-refractivity contribution in [1.29, 1.82) is 0 Å². The molecule has 0 unspecified atom stereocenters. The van der Waals surface area contributed by atoms with Gasteiger partial charge in [-0.2, -0.15) is 0 Å². The summed E-state index contributed by atoms with van der Waals surface area (Å²) in [6, 6.07) is 14.1. The Hall–Kier alpha value is -1.89. The molecule has 0 aromatic heterocycles. The molecule has 1 amide bonds. The standard InChI is InChI=1S/C22H30BrN3O2/c1-16(27)25-19-8-5-17(6-9-19)12-26(15-22(2,3)14-24)13-18-7-10-21(28-4)20(23)11-18/h5-11H,12-15,24H2,1-4H3,(H,25,27). The predicted molar refractivity (Wildman–Crippen MR) is 118 cm³/mol. The van der Waals surface area contributed by atoms with Crippen molar-refractivity contribution in [3.63, 3.8) is 0 Å². The van der Waals surface area contributed by atoms with Crippen molar-refractivity contribution in [3.8, 4) is 5.75 Å². The molecular weight excluding hydrogens is 418 g/mol. The van der Waals surface area contributed by atoms with Gasteiger partial charge in [0.1, 0.15) is 5.75 Å². The average Bonchev–Trinajstić information content (AvgIpc) is 2.63. The van der Waals surface area contributed by atoms with Crippen molar-refractivity contribution in [2.24, 2.45) is 11.1 Å². The molecule has 0 aliphatic heterocycles. The number of methoxy groups -OCH3 is 1. The van der Waals surface area contributed by atoms with E-state index in [1.54, 1.807) is 7.11 Å². The van der Waals surface area contributed by atoms with Crippen LogP contribution < -0.4 is 15.8 Å². The van der Waals surface area contributed by atoms with E-state index < -0.39 is 0 Å². The largest absolute Gasteiger partial charge is 0.496 e. The van der Waals surface area contributed by atoms with E-state index in [9.17, 15) is 4.79 Å². The van der Waals surface area contributed by atoms with Gasteiger partial charge in [0.25, 0.3) is 0 Å². The van der Waals surface area contributed by atoms with Gasteiger partial charge in [0.15, 0.2) is 0 Å². The molecule has 0 fully saturated rings. The molecule has 28 heavy (non-hydrogen) atoms. The molecule has 5 nitrogen and oxygen atoms in total. The maximum atomic E-state index is 11.2. The van der Waals surface area contributed by atoms with E-state index in [-0.39, 0.29) is 11.3 Å². The monoisotopic (exact) mass is 447 g/mol. The van der Waals surface area contributed by atoms with E-state index in [0.717, 1.165) is 35.5 Å². The molecule has 0 spiro atoms. The zero-order valence-corrected chi connectivity index (χ0v) is 18.7. The number of ether oxygens (including phenoxy) is 1. The summed E-state index contributed by atoms with van der Waals surface area (Å²) >= 11 is 3.57. The van der Waals surface area contributed by atoms with E-state index >= 15 is 0 Å². The third-order valence-corrected chi connectivity index (χ3v) is 5.13. The zero-order chi connectivity index (χ0) is 20.7. The number of anilines is 1. The number of nitrogens with one attached hydrogen (secondary N) is 1. The third-order valence-electron chi connectivity index (χ3n) is 4.51. The maximum absolute atomic E-state index is 11.2. The van der Waals surface area contributed by atoms with Crippen LogP contribution in [0.4, 0.5) is 5.69 Å². The van der Waals surface area contributed by atoms with E-state index in [1.807, 2.05) is 18.2 Å². The van der Waals surface area contributed by atoms with Gasteiger partial charge in [-0.05, 0) is 63.3 Å². The number of amides is 1. The van der Waals surface area contributed by atoms with Crippen molar-refractivity contribution in [3.05, 3.63) is 58.1 Å². The Bertz CT molecular complexity index is 791. The van der Waals surface area contributed by atoms with E-state index in [2.05, 4.69) is 64.3 Å². The van der Waals surface area contributed by atoms with Crippen LogP contribution in [0.3, 0.4) is 0 Å². The summed E-state index contributed by atoms with van der Waals surface area (Å²) < 4.78 is 6.28. The van der Waals surface area contributed by atoms with Crippen molar-refractivity contribution in [1.82, 2.24) is 4.90 Å². The highest BCUT2D eigenvalue weighted by atomic mass is 79.9. The van der Waals surface area contributed by atoms with Crippen LogP contribution in [0.25, 0.3) is 0 Å². The van der Waals surface area contributed by atoms with Crippen LogP contribution in [-0.2, 0) is 17.9 Å². The summed E-state index contributed by atoms with van der Waals surface area (Å²) in [5.41, 5.74) is 9.20. The van der Waals surface area contributed by atoms with Gasteiger partial charge in [-0.25, -0.2) is 0 Å². The molecule has 2 aromatic rings. The van der Waals surface area contributed by atoms with Gasteiger partial charge < -0.3 is 15.8 Å². The molecule has 0 saturated carbocycles. The molecule has 0 bridgehead atoms. The molecule has 6 heteroatoms. The van der Waals surface area contributed by atoms with E-state index in [4.69, 9.17) is 10.5 Å². The number of hydrogen-bond acceptors (Lipinski definition) is 4. The number of halogens is 1. The lowest BCUT2D eigenvalue weighted by Crippen LogP contribution is -2.38. The molecule has 0 radical (unpaired) electrons. The second-order valence-corrected chi connectivity index (χ2v) is 8.71. The van der Waals surface area contributed by atoms with Crippen LogP contribution in [-0.4, -0.2) is 31.0 Å². The summed E-state index contributed by atoms with van der Waals surface area (Å²) in [6.07, 6.45) is 0.